The monoisotopic (exact) mass is 323 g/mol. The van der Waals surface area contributed by atoms with Gasteiger partial charge >= 0.3 is 0 Å². The molecule has 1 amide bonds. The molecule has 0 aliphatic heterocycles. The van der Waals surface area contributed by atoms with Crippen LogP contribution >= 0.6 is 23.2 Å². The number of hydrogen-bond acceptors (Lipinski definition) is 2. The Bertz CT molecular complexity index is 686. The molecule has 0 radical (unpaired) electrons. The third kappa shape index (κ3) is 3.31. The quantitative estimate of drug-likeness (QED) is 0.891. The molecule has 0 spiro atoms. The molecule has 0 fully saturated rings. The molecule has 1 N–H and O–H groups in total. The van der Waals surface area contributed by atoms with Gasteiger partial charge in [-0.1, -0.05) is 29.3 Å². The van der Waals surface area contributed by atoms with Gasteiger partial charge in [-0.15, -0.1) is 0 Å². The molecule has 0 aromatic heterocycles. The van der Waals surface area contributed by atoms with Crippen LogP contribution in [0.2, 0.25) is 10.0 Å². The minimum atomic E-state index is -0.229. The number of anilines is 1. The van der Waals surface area contributed by atoms with Crippen molar-refractivity contribution in [2.45, 2.75) is 13.8 Å². The molecule has 0 atom stereocenters. The van der Waals surface area contributed by atoms with Gasteiger partial charge in [-0.25, -0.2) is 0 Å². The van der Waals surface area contributed by atoms with Crippen molar-refractivity contribution in [1.29, 1.82) is 0 Å². The molecular weight excluding hydrogens is 309 g/mol. The molecule has 0 saturated carbocycles. The predicted octanol–water partition coefficient (Wildman–Crippen LogP) is 4.67. The van der Waals surface area contributed by atoms with Gasteiger partial charge in [-0.2, -0.15) is 0 Å². The van der Waals surface area contributed by atoms with Gasteiger partial charge in [0.05, 0.1) is 16.3 Å². The fourth-order valence-corrected chi connectivity index (χ4v) is 2.61. The highest BCUT2D eigenvalue weighted by Gasteiger charge is 2.20. The lowest BCUT2D eigenvalue weighted by molar-refractivity contribution is 0.0988. The number of carbonyl (C=O) groups is 1. The number of amides is 1. The minimum absolute atomic E-state index is 0.115. The second kappa shape index (κ2) is 6.37. The van der Waals surface area contributed by atoms with Gasteiger partial charge in [0, 0.05) is 17.6 Å². The molecule has 3 nitrogen and oxygen atoms in total. The van der Waals surface area contributed by atoms with Crippen molar-refractivity contribution in [3.8, 4) is 5.75 Å². The first-order valence-electron chi connectivity index (χ1n) is 6.50. The topological polar surface area (TPSA) is 40.5 Å². The maximum absolute atomic E-state index is 12.7. The van der Waals surface area contributed by atoms with E-state index in [1.165, 1.54) is 0 Å². The molecule has 0 aliphatic carbocycles. The summed E-state index contributed by atoms with van der Waals surface area (Å²) in [6.45, 7) is 4.21. The van der Waals surface area contributed by atoms with Crippen molar-refractivity contribution in [3.05, 3.63) is 57.6 Å². The van der Waals surface area contributed by atoms with Crippen LogP contribution < -0.4 is 4.90 Å². The van der Waals surface area contributed by atoms with E-state index >= 15 is 0 Å². The van der Waals surface area contributed by atoms with Crippen molar-refractivity contribution in [3.63, 3.8) is 0 Å². The summed E-state index contributed by atoms with van der Waals surface area (Å²) in [6.07, 6.45) is 0. The Kier molecular flexibility index (Phi) is 4.76. The first-order valence-corrected chi connectivity index (χ1v) is 7.26. The second-order valence-electron chi connectivity index (χ2n) is 4.64. The highest BCUT2D eigenvalue weighted by molar-refractivity contribution is 6.37. The molecule has 21 heavy (non-hydrogen) atoms. The lowest BCUT2D eigenvalue weighted by atomic mass is 10.1. The largest absolute Gasteiger partial charge is 0.508 e. The maximum atomic E-state index is 12.7. The van der Waals surface area contributed by atoms with E-state index in [2.05, 4.69) is 0 Å². The molecule has 110 valence electrons. The van der Waals surface area contributed by atoms with E-state index in [4.69, 9.17) is 23.2 Å². The van der Waals surface area contributed by atoms with E-state index in [9.17, 15) is 9.90 Å². The summed E-state index contributed by atoms with van der Waals surface area (Å²) in [6, 6.07) is 9.70. The highest BCUT2D eigenvalue weighted by atomic mass is 35.5. The molecule has 0 heterocycles. The number of nitrogens with zero attached hydrogens (tertiary/aromatic N) is 1. The Labute approximate surface area is 133 Å². The van der Waals surface area contributed by atoms with Crippen molar-refractivity contribution in [1.82, 2.24) is 0 Å². The van der Waals surface area contributed by atoms with Gasteiger partial charge < -0.3 is 10.0 Å². The molecule has 0 bridgehead atoms. The van der Waals surface area contributed by atoms with Crippen LogP contribution in [0.1, 0.15) is 22.8 Å². The molecule has 2 aromatic rings. The van der Waals surface area contributed by atoms with E-state index in [1.54, 1.807) is 41.3 Å². The normalized spacial score (nSPS) is 10.5. The summed E-state index contributed by atoms with van der Waals surface area (Å²) >= 11 is 12.0. The Hall–Kier alpha value is -1.71. The number of phenolic OH excluding ortho intramolecular Hbond substituents is 1. The van der Waals surface area contributed by atoms with Crippen molar-refractivity contribution >= 4 is 34.8 Å². The predicted molar refractivity (Wildman–Crippen MR) is 86.7 cm³/mol. The zero-order valence-electron chi connectivity index (χ0n) is 11.7. The minimum Gasteiger partial charge on any atom is -0.508 e. The van der Waals surface area contributed by atoms with Crippen molar-refractivity contribution in [2.75, 3.05) is 11.4 Å². The van der Waals surface area contributed by atoms with Crippen LogP contribution in [0, 0.1) is 6.92 Å². The zero-order chi connectivity index (χ0) is 15.6. The van der Waals surface area contributed by atoms with Crippen LogP contribution in [-0.4, -0.2) is 17.6 Å². The Morgan fingerprint density at radius 2 is 1.90 bits per heavy atom. The number of benzene rings is 2. The van der Waals surface area contributed by atoms with Gasteiger partial charge in [0.25, 0.3) is 5.91 Å². The standard InChI is InChI=1S/C16H15Cl2NO2/c1-3-19(15-9-12(20)6-4-10(15)2)16(21)13-7-5-11(17)8-14(13)18/h4-9,20H,3H2,1-2H3. The Morgan fingerprint density at radius 1 is 1.19 bits per heavy atom. The summed E-state index contributed by atoms with van der Waals surface area (Å²) in [5.74, 6) is -0.114. The smallest absolute Gasteiger partial charge is 0.259 e. The molecule has 5 heteroatoms. The number of aryl methyl sites for hydroxylation is 1. The second-order valence-corrected chi connectivity index (χ2v) is 5.49. The number of hydrogen-bond donors (Lipinski definition) is 1. The van der Waals surface area contributed by atoms with E-state index in [0.717, 1.165) is 5.56 Å². The highest BCUT2D eigenvalue weighted by Crippen LogP contribution is 2.28. The van der Waals surface area contributed by atoms with Gasteiger partial charge in [0.2, 0.25) is 0 Å². The molecule has 0 aliphatic rings. The van der Waals surface area contributed by atoms with Crippen LogP contribution in [0.15, 0.2) is 36.4 Å². The van der Waals surface area contributed by atoms with E-state index in [0.29, 0.717) is 27.8 Å². The fourth-order valence-electron chi connectivity index (χ4n) is 2.12. The van der Waals surface area contributed by atoms with E-state index in [1.807, 2.05) is 13.8 Å². The van der Waals surface area contributed by atoms with Gasteiger partial charge in [-0.3, -0.25) is 4.79 Å². The zero-order valence-corrected chi connectivity index (χ0v) is 13.2. The summed E-state index contributed by atoms with van der Waals surface area (Å²) in [5, 5.41) is 10.4. The molecule has 2 aromatic carbocycles. The van der Waals surface area contributed by atoms with Crippen LogP contribution in [0.3, 0.4) is 0 Å². The van der Waals surface area contributed by atoms with Crippen LogP contribution in [-0.2, 0) is 0 Å². The third-order valence-electron chi connectivity index (χ3n) is 3.21. The first-order chi connectivity index (χ1) is 9.93. The molecular formula is C16H15Cl2NO2. The van der Waals surface area contributed by atoms with E-state index in [-0.39, 0.29) is 11.7 Å². The number of rotatable bonds is 3. The van der Waals surface area contributed by atoms with Gasteiger partial charge in [0.1, 0.15) is 5.75 Å². The first kappa shape index (κ1) is 15.7. The lowest BCUT2D eigenvalue weighted by Gasteiger charge is -2.23. The lowest BCUT2D eigenvalue weighted by Crippen LogP contribution is -2.31. The summed E-state index contributed by atoms with van der Waals surface area (Å²) < 4.78 is 0. The van der Waals surface area contributed by atoms with Crippen molar-refractivity contribution < 1.29 is 9.90 Å². The maximum Gasteiger partial charge on any atom is 0.259 e. The average Bonchev–Trinajstić information content (AvgIpc) is 2.43. The van der Waals surface area contributed by atoms with E-state index < -0.39 is 0 Å². The van der Waals surface area contributed by atoms with Crippen LogP contribution in [0.4, 0.5) is 5.69 Å². The number of carbonyl (C=O) groups excluding carboxylic acids is 1. The fraction of sp³-hybridized carbons (Fsp3) is 0.188. The third-order valence-corrected chi connectivity index (χ3v) is 3.75. The van der Waals surface area contributed by atoms with Crippen molar-refractivity contribution in [2.24, 2.45) is 0 Å². The summed E-state index contributed by atoms with van der Waals surface area (Å²) in [4.78, 5) is 14.3. The SMILES string of the molecule is CCN(C(=O)c1ccc(Cl)cc1Cl)c1cc(O)ccc1C. The summed E-state index contributed by atoms with van der Waals surface area (Å²) in [7, 11) is 0. The van der Waals surface area contributed by atoms with Gasteiger partial charge in [0.15, 0.2) is 0 Å². The number of aromatic hydroxyl groups is 1. The molecule has 0 unspecified atom stereocenters. The van der Waals surface area contributed by atoms with Crippen LogP contribution in [0.5, 0.6) is 5.75 Å². The molecule has 0 saturated heterocycles. The van der Waals surface area contributed by atoms with Crippen LogP contribution in [0.25, 0.3) is 0 Å². The molecule has 2 rings (SSSR count). The van der Waals surface area contributed by atoms with Gasteiger partial charge in [-0.05, 0) is 43.7 Å². The average molecular weight is 324 g/mol. The Morgan fingerprint density at radius 3 is 2.52 bits per heavy atom. The number of phenols is 1. The number of halogens is 2. The summed E-state index contributed by atoms with van der Waals surface area (Å²) in [5.41, 5.74) is 1.94. The Balaban J connectivity index is 2.45.